The normalized spacial score (nSPS) is 11.9. The first-order valence-electron chi connectivity index (χ1n) is 6.75. The monoisotopic (exact) mass is 370 g/mol. The maximum absolute atomic E-state index is 12.9. The predicted molar refractivity (Wildman–Crippen MR) is 88.7 cm³/mol. The average molecular weight is 371 g/mol. The molecular weight excluding hydrogens is 361 g/mol. The predicted octanol–water partition coefficient (Wildman–Crippen LogP) is 5.09. The molecule has 1 aromatic carbocycles. The number of halogens is 4. The maximum atomic E-state index is 12.9. The van der Waals surface area contributed by atoms with Crippen LogP contribution in [0, 0.1) is 6.92 Å². The minimum atomic E-state index is -4.56. The van der Waals surface area contributed by atoms with Crippen LogP contribution in [0.25, 0.3) is 10.2 Å². The van der Waals surface area contributed by atoms with E-state index in [9.17, 15) is 18.0 Å². The van der Waals surface area contributed by atoms with E-state index in [4.69, 9.17) is 17.3 Å². The zero-order valence-corrected chi connectivity index (χ0v) is 13.8. The summed E-state index contributed by atoms with van der Waals surface area (Å²) in [6.45, 7) is 1.51. The van der Waals surface area contributed by atoms with Crippen LogP contribution in [0.3, 0.4) is 0 Å². The largest absolute Gasteiger partial charge is 0.433 e. The van der Waals surface area contributed by atoms with E-state index >= 15 is 0 Å². The summed E-state index contributed by atoms with van der Waals surface area (Å²) in [7, 11) is 0. The number of nitrogens with zero attached hydrogens (tertiary/aromatic N) is 1. The molecule has 0 unspecified atom stereocenters. The van der Waals surface area contributed by atoms with Crippen LogP contribution in [0.2, 0.25) is 5.02 Å². The smallest absolute Gasteiger partial charge is 0.397 e. The Morgan fingerprint density at radius 1 is 1.29 bits per heavy atom. The van der Waals surface area contributed by atoms with Crippen molar-refractivity contribution in [2.45, 2.75) is 13.1 Å². The maximum Gasteiger partial charge on any atom is 0.433 e. The zero-order valence-electron chi connectivity index (χ0n) is 12.2. The summed E-state index contributed by atoms with van der Waals surface area (Å²) in [5.74, 6) is -0.397. The van der Waals surface area contributed by atoms with Gasteiger partial charge in [0.25, 0.3) is 0 Å². The zero-order chi connectivity index (χ0) is 17.6. The Balaban J connectivity index is 2.18. The molecule has 0 atom stereocenters. The van der Waals surface area contributed by atoms with Gasteiger partial charge in [-0.2, -0.15) is 13.2 Å². The van der Waals surface area contributed by atoms with E-state index < -0.39 is 17.7 Å². The van der Waals surface area contributed by atoms with Crippen molar-refractivity contribution < 1.29 is 18.0 Å². The van der Waals surface area contributed by atoms with Crippen LogP contribution in [0.5, 0.6) is 0 Å². The van der Waals surface area contributed by atoms with Gasteiger partial charge in [-0.1, -0.05) is 23.7 Å². The van der Waals surface area contributed by atoms with Crippen LogP contribution in [0.15, 0.2) is 30.3 Å². The van der Waals surface area contributed by atoms with Crippen LogP contribution in [0.1, 0.15) is 26.5 Å². The highest BCUT2D eigenvalue weighted by Crippen LogP contribution is 2.39. The van der Waals surface area contributed by atoms with E-state index in [0.29, 0.717) is 21.5 Å². The number of anilines is 1. The number of rotatable bonds is 2. The van der Waals surface area contributed by atoms with Gasteiger partial charge < -0.3 is 5.73 Å². The molecule has 2 aromatic heterocycles. The van der Waals surface area contributed by atoms with Crippen LogP contribution in [-0.2, 0) is 6.18 Å². The van der Waals surface area contributed by atoms with E-state index in [1.807, 2.05) is 0 Å². The first kappa shape index (κ1) is 16.7. The molecule has 0 spiro atoms. The molecule has 2 heterocycles. The van der Waals surface area contributed by atoms with E-state index in [-0.39, 0.29) is 15.4 Å². The van der Waals surface area contributed by atoms with Crippen molar-refractivity contribution in [2.75, 3.05) is 5.73 Å². The van der Waals surface area contributed by atoms with Crippen LogP contribution < -0.4 is 5.73 Å². The lowest BCUT2D eigenvalue weighted by molar-refractivity contribution is -0.141. The van der Waals surface area contributed by atoms with Gasteiger partial charge in [-0.3, -0.25) is 4.79 Å². The summed E-state index contributed by atoms with van der Waals surface area (Å²) < 4.78 is 38.7. The molecule has 24 heavy (non-hydrogen) atoms. The van der Waals surface area contributed by atoms with Crippen molar-refractivity contribution >= 4 is 44.6 Å². The van der Waals surface area contributed by atoms with Gasteiger partial charge >= 0.3 is 6.18 Å². The summed E-state index contributed by atoms with van der Waals surface area (Å²) >= 11 is 6.72. The van der Waals surface area contributed by atoms with Gasteiger partial charge in [0.05, 0.1) is 5.69 Å². The number of carbonyl (C=O) groups is 1. The quantitative estimate of drug-likeness (QED) is 0.639. The number of aryl methyl sites for hydroxylation is 1. The van der Waals surface area contributed by atoms with Crippen LogP contribution in [0.4, 0.5) is 18.9 Å². The number of nitrogens with two attached hydrogens (primary N) is 1. The summed E-state index contributed by atoms with van der Waals surface area (Å²) in [5.41, 5.74) is 5.78. The number of hydrogen-bond acceptors (Lipinski definition) is 4. The fraction of sp³-hybridized carbons (Fsp3) is 0.125. The number of hydrogen-bond donors (Lipinski definition) is 1. The highest BCUT2D eigenvalue weighted by atomic mass is 35.5. The molecule has 3 aromatic rings. The standard InChI is InChI=1S/C16H10ClF3N2OS/c1-7-5-10(16(18,19)20)22-15-11(7)12(21)14(24-15)13(23)8-3-2-4-9(17)6-8/h2-6H,21H2,1H3. The lowest BCUT2D eigenvalue weighted by Crippen LogP contribution is -2.08. The summed E-state index contributed by atoms with van der Waals surface area (Å²) in [6.07, 6.45) is -4.56. The number of aromatic nitrogens is 1. The number of nitrogen functional groups attached to an aromatic ring is 1. The third kappa shape index (κ3) is 2.85. The third-order valence-electron chi connectivity index (χ3n) is 3.48. The van der Waals surface area contributed by atoms with E-state index in [1.165, 1.54) is 13.0 Å². The summed E-state index contributed by atoms with van der Waals surface area (Å²) in [5, 5.41) is 0.757. The molecule has 3 rings (SSSR count). The fourth-order valence-corrected chi connectivity index (χ4v) is 3.71. The molecule has 0 saturated heterocycles. The number of alkyl halides is 3. The number of pyridine rings is 1. The van der Waals surface area contributed by atoms with Crippen molar-refractivity contribution in [1.82, 2.24) is 4.98 Å². The molecule has 0 radical (unpaired) electrons. The molecular formula is C16H10ClF3N2OS. The van der Waals surface area contributed by atoms with E-state index in [1.54, 1.807) is 18.2 Å². The van der Waals surface area contributed by atoms with Gasteiger partial charge in [0.1, 0.15) is 15.4 Å². The molecule has 0 fully saturated rings. The summed E-state index contributed by atoms with van der Waals surface area (Å²) in [4.78, 5) is 16.5. The summed E-state index contributed by atoms with van der Waals surface area (Å²) in [6, 6.07) is 7.21. The first-order chi connectivity index (χ1) is 11.2. The Morgan fingerprint density at radius 3 is 2.62 bits per heavy atom. The minimum absolute atomic E-state index is 0.0882. The molecule has 2 N–H and O–H groups in total. The van der Waals surface area contributed by atoms with Gasteiger partial charge in [0.2, 0.25) is 5.78 Å². The number of thiophene rings is 1. The Kier molecular flexibility index (Phi) is 4.01. The van der Waals surface area contributed by atoms with Crippen molar-refractivity contribution in [2.24, 2.45) is 0 Å². The molecule has 124 valence electrons. The third-order valence-corrected chi connectivity index (χ3v) is 4.81. The lowest BCUT2D eigenvalue weighted by atomic mass is 10.1. The number of fused-ring (bicyclic) bond motifs is 1. The van der Waals surface area contributed by atoms with Gasteiger partial charge in [-0.25, -0.2) is 4.98 Å². The molecule has 0 amide bonds. The van der Waals surface area contributed by atoms with Gasteiger partial charge in [-0.15, -0.1) is 11.3 Å². The van der Waals surface area contributed by atoms with Gasteiger partial charge in [-0.05, 0) is 30.7 Å². The molecule has 0 bridgehead atoms. The SMILES string of the molecule is Cc1cc(C(F)(F)F)nc2sc(C(=O)c3cccc(Cl)c3)c(N)c12. The second kappa shape index (κ2) is 5.75. The number of carbonyl (C=O) groups excluding carboxylic acids is 1. The molecule has 0 aliphatic rings. The lowest BCUT2D eigenvalue weighted by Gasteiger charge is -2.07. The molecule has 0 aliphatic heterocycles. The van der Waals surface area contributed by atoms with Crippen molar-refractivity contribution in [1.29, 1.82) is 0 Å². The number of ketones is 1. The van der Waals surface area contributed by atoms with Crippen molar-refractivity contribution in [3.63, 3.8) is 0 Å². The molecule has 3 nitrogen and oxygen atoms in total. The second-order valence-corrected chi connectivity index (χ2v) is 6.62. The Morgan fingerprint density at radius 2 is 2.00 bits per heavy atom. The number of benzene rings is 1. The molecule has 0 saturated carbocycles. The van der Waals surface area contributed by atoms with Crippen molar-refractivity contribution in [3.8, 4) is 0 Å². The van der Waals surface area contributed by atoms with Gasteiger partial charge in [0, 0.05) is 16.0 Å². The van der Waals surface area contributed by atoms with Crippen LogP contribution in [-0.4, -0.2) is 10.8 Å². The van der Waals surface area contributed by atoms with E-state index in [0.717, 1.165) is 17.4 Å². The highest BCUT2D eigenvalue weighted by Gasteiger charge is 2.34. The fourth-order valence-electron chi connectivity index (χ4n) is 2.38. The first-order valence-corrected chi connectivity index (χ1v) is 7.95. The second-order valence-electron chi connectivity index (χ2n) is 5.19. The molecule has 8 heteroatoms. The Bertz CT molecular complexity index is 966. The topological polar surface area (TPSA) is 56.0 Å². The van der Waals surface area contributed by atoms with Gasteiger partial charge in [0.15, 0.2) is 0 Å². The molecule has 0 aliphatic carbocycles. The Hall–Kier alpha value is -2.12. The highest BCUT2D eigenvalue weighted by molar-refractivity contribution is 7.21. The Labute approximate surface area is 143 Å². The minimum Gasteiger partial charge on any atom is -0.397 e. The van der Waals surface area contributed by atoms with Crippen molar-refractivity contribution in [3.05, 3.63) is 57.1 Å². The van der Waals surface area contributed by atoms with E-state index in [2.05, 4.69) is 4.98 Å². The average Bonchev–Trinajstić information content (AvgIpc) is 2.83. The van der Waals surface area contributed by atoms with Crippen LogP contribution >= 0.6 is 22.9 Å².